The van der Waals surface area contributed by atoms with Crippen LogP contribution < -0.4 is 0 Å². The van der Waals surface area contributed by atoms with E-state index in [0.29, 0.717) is 0 Å². The lowest BCUT2D eigenvalue weighted by Crippen LogP contribution is -2.18. The average molecular weight is 264 g/mol. The first kappa shape index (κ1) is 12.6. The number of fused-ring (bicyclic) bond motifs is 1. The van der Waals surface area contributed by atoms with E-state index in [9.17, 15) is 4.79 Å². The molecule has 0 saturated carbocycles. The van der Waals surface area contributed by atoms with Crippen molar-refractivity contribution in [2.75, 3.05) is 0 Å². The molecule has 0 radical (unpaired) electrons. The molecular weight excluding hydrogens is 248 g/mol. The number of carbonyl (C=O) groups is 1. The Labute approximate surface area is 117 Å². The molecule has 0 unspecified atom stereocenters. The van der Waals surface area contributed by atoms with Gasteiger partial charge in [0.2, 0.25) is 5.91 Å². The summed E-state index contributed by atoms with van der Waals surface area (Å²) in [7, 11) is 0. The van der Waals surface area contributed by atoms with Gasteiger partial charge in [0, 0.05) is 0 Å². The molecule has 1 heterocycles. The van der Waals surface area contributed by atoms with Crippen LogP contribution in [0.1, 0.15) is 29.6 Å². The number of nitrogens with zero attached hydrogens (tertiary/aromatic N) is 2. The van der Waals surface area contributed by atoms with Crippen LogP contribution >= 0.6 is 0 Å². The highest BCUT2D eigenvalue weighted by Gasteiger charge is 2.21. The maximum absolute atomic E-state index is 12.8. The van der Waals surface area contributed by atoms with Gasteiger partial charge in [-0.25, -0.2) is 4.98 Å². The van der Waals surface area contributed by atoms with Crippen molar-refractivity contribution in [3.05, 3.63) is 66.5 Å². The van der Waals surface area contributed by atoms with Crippen molar-refractivity contribution in [1.82, 2.24) is 9.55 Å². The third-order valence-corrected chi connectivity index (χ3v) is 3.60. The van der Waals surface area contributed by atoms with E-state index in [4.69, 9.17) is 0 Å². The van der Waals surface area contributed by atoms with Crippen LogP contribution in [0.2, 0.25) is 0 Å². The average Bonchev–Trinajstić information content (AvgIpc) is 2.93. The summed E-state index contributed by atoms with van der Waals surface area (Å²) in [5.41, 5.74) is 2.77. The fourth-order valence-electron chi connectivity index (χ4n) is 2.54. The third kappa shape index (κ3) is 2.11. The van der Waals surface area contributed by atoms with Crippen LogP contribution in [0.25, 0.3) is 11.0 Å². The normalized spacial score (nSPS) is 12.4. The van der Waals surface area contributed by atoms with Crippen LogP contribution in [0.4, 0.5) is 0 Å². The van der Waals surface area contributed by atoms with E-state index in [1.165, 1.54) is 0 Å². The van der Waals surface area contributed by atoms with Crippen molar-refractivity contribution in [2.45, 2.75) is 19.3 Å². The molecule has 0 fully saturated rings. The minimum Gasteiger partial charge on any atom is -0.273 e. The van der Waals surface area contributed by atoms with Gasteiger partial charge in [0.05, 0.1) is 17.0 Å². The lowest BCUT2D eigenvalue weighted by Gasteiger charge is -2.14. The predicted octanol–water partition coefficient (Wildman–Crippen LogP) is 3.87. The Morgan fingerprint density at radius 1 is 1.10 bits per heavy atom. The summed E-state index contributed by atoms with van der Waals surface area (Å²) in [6.45, 7) is 2.04. The van der Waals surface area contributed by atoms with Crippen LogP contribution in [-0.2, 0) is 0 Å². The first-order chi connectivity index (χ1) is 9.81. The molecule has 3 heteroatoms. The highest BCUT2D eigenvalue weighted by atomic mass is 16.2. The van der Waals surface area contributed by atoms with Gasteiger partial charge in [-0.2, -0.15) is 0 Å². The van der Waals surface area contributed by atoms with Crippen molar-refractivity contribution < 1.29 is 4.79 Å². The zero-order valence-corrected chi connectivity index (χ0v) is 11.4. The van der Waals surface area contributed by atoms with Crippen LogP contribution in [0.15, 0.2) is 60.9 Å². The highest BCUT2D eigenvalue weighted by molar-refractivity contribution is 5.93. The van der Waals surface area contributed by atoms with Crippen molar-refractivity contribution in [3.63, 3.8) is 0 Å². The molecule has 0 spiro atoms. The fraction of sp³-hybridized carbons (Fsp3) is 0.176. The van der Waals surface area contributed by atoms with Crippen molar-refractivity contribution in [2.24, 2.45) is 0 Å². The summed E-state index contributed by atoms with van der Waals surface area (Å²) < 4.78 is 1.66. The fourth-order valence-corrected chi connectivity index (χ4v) is 2.54. The van der Waals surface area contributed by atoms with Gasteiger partial charge >= 0.3 is 0 Å². The van der Waals surface area contributed by atoms with Crippen LogP contribution in [-0.4, -0.2) is 15.5 Å². The SMILES string of the molecule is CC[C@@H](C(=O)n1cnc2ccccc21)c1ccccc1. The van der Waals surface area contributed by atoms with Crippen LogP contribution in [0, 0.1) is 0 Å². The Hall–Kier alpha value is -2.42. The number of para-hydroxylation sites is 2. The first-order valence-corrected chi connectivity index (χ1v) is 6.82. The van der Waals surface area contributed by atoms with Crippen LogP contribution in [0.5, 0.6) is 0 Å². The third-order valence-electron chi connectivity index (χ3n) is 3.60. The van der Waals surface area contributed by atoms with Crippen LogP contribution in [0.3, 0.4) is 0 Å². The van der Waals surface area contributed by atoms with Gasteiger partial charge in [0.25, 0.3) is 0 Å². The number of hydrogen-bond acceptors (Lipinski definition) is 2. The molecule has 1 atom stereocenters. The topological polar surface area (TPSA) is 34.9 Å². The van der Waals surface area contributed by atoms with Gasteiger partial charge in [-0.15, -0.1) is 0 Å². The highest BCUT2D eigenvalue weighted by Crippen LogP contribution is 2.23. The van der Waals surface area contributed by atoms with E-state index in [1.54, 1.807) is 10.9 Å². The maximum atomic E-state index is 12.8. The minimum absolute atomic E-state index is 0.0763. The monoisotopic (exact) mass is 264 g/mol. The first-order valence-electron chi connectivity index (χ1n) is 6.82. The van der Waals surface area contributed by atoms with Gasteiger partial charge in [-0.05, 0) is 24.1 Å². The molecule has 2 aromatic carbocycles. The summed E-state index contributed by atoms with van der Waals surface area (Å²) in [6, 6.07) is 17.6. The molecule has 0 N–H and O–H groups in total. The lowest BCUT2D eigenvalue weighted by atomic mass is 9.95. The van der Waals surface area contributed by atoms with Crippen molar-refractivity contribution in [1.29, 1.82) is 0 Å². The van der Waals surface area contributed by atoms with Gasteiger partial charge in [0.1, 0.15) is 6.33 Å². The molecule has 0 aliphatic rings. The molecule has 3 rings (SSSR count). The molecular formula is C17H16N2O. The standard InChI is InChI=1S/C17H16N2O/c1-2-14(13-8-4-3-5-9-13)17(20)19-12-18-15-10-6-7-11-16(15)19/h3-12,14H,2H2,1H3/t14-/m1/s1. The zero-order chi connectivity index (χ0) is 13.9. The van der Waals surface area contributed by atoms with Gasteiger partial charge in [-0.1, -0.05) is 49.4 Å². The smallest absolute Gasteiger partial charge is 0.239 e. The molecule has 3 nitrogen and oxygen atoms in total. The Balaban J connectivity index is 2.03. The number of carbonyl (C=O) groups excluding carboxylic acids is 1. The van der Waals surface area contributed by atoms with E-state index in [0.717, 1.165) is 23.0 Å². The number of hydrogen-bond donors (Lipinski definition) is 0. The molecule has 0 amide bonds. The largest absolute Gasteiger partial charge is 0.273 e. The number of aromatic nitrogens is 2. The van der Waals surface area contributed by atoms with Crippen molar-refractivity contribution in [3.8, 4) is 0 Å². The van der Waals surface area contributed by atoms with E-state index < -0.39 is 0 Å². The molecule has 0 aliphatic carbocycles. The predicted molar refractivity (Wildman–Crippen MR) is 79.8 cm³/mol. The molecule has 1 aromatic heterocycles. The second kappa shape index (κ2) is 5.29. The molecule has 0 aliphatic heterocycles. The molecule has 0 saturated heterocycles. The van der Waals surface area contributed by atoms with E-state index in [2.05, 4.69) is 4.98 Å². The maximum Gasteiger partial charge on any atom is 0.239 e. The number of imidazole rings is 1. The molecule has 100 valence electrons. The van der Waals surface area contributed by atoms with Gasteiger partial charge in [-0.3, -0.25) is 9.36 Å². The molecule has 20 heavy (non-hydrogen) atoms. The van der Waals surface area contributed by atoms with Gasteiger partial charge < -0.3 is 0 Å². The number of benzene rings is 2. The Morgan fingerprint density at radius 3 is 2.55 bits per heavy atom. The summed E-state index contributed by atoms with van der Waals surface area (Å²) in [4.78, 5) is 17.1. The van der Waals surface area contributed by atoms with E-state index in [1.807, 2.05) is 61.5 Å². The minimum atomic E-state index is -0.131. The lowest BCUT2D eigenvalue weighted by molar-refractivity contribution is 0.0880. The molecule has 0 bridgehead atoms. The quantitative estimate of drug-likeness (QED) is 0.719. The Kier molecular flexibility index (Phi) is 3.33. The van der Waals surface area contributed by atoms with Gasteiger partial charge in [0.15, 0.2) is 0 Å². The number of rotatable bonds is 3. The zero-order valence-electron chi connectivity index (χ0n) is 11.4. The second-order valence-electron chi connectivity index (χ2n) is 4.81. The summed E-state index contributed by atoms with van der Waals surface area (Å²) in [6.07, 6.45) is 2.40. The summed E-state index contributed by atoms with van der Waals surface area (Å²) in [5, 5.41) is 0. The van der Waals surface area contributed by atoms with Crippen molar-refractivity contribution >= 4 is 16.9 Å². The van der Waals surface area contributed by atoms with E-state index >= 15 is 0 Å². The summed E-state index contributed by atoms with van der Waals surface area (Å²) >= 11 is 0. The Morgan fingerprint density at radius 2 is 1.80 bits per heavy atom. The van der Waals surface area contributed by atoms with E-state index in [-0.39, 0.29) is 11.8 Å². The summed E-state index contributed by atoms with van der Waals surface area (Å²) in [5.74, 6) is -0.0544. The molecule has 3 aromatic rings. The second-order valence-corrected chi connectivity index (χ2v) is 4.81. The Bertz CT molecular complexity index is 731.